The molecular formula is C14H26N2O3. The molecule has 0 spiro atoms. The minimum absolute atomic E-state index is 0.0191. The van der Waals surface area contributed by atoms with Gasteiger partial charge in [0.25, 0.3) is 0 Å². The van der Waals surface area contributed by atoms with Gasteiger partial charge in [0.15, 0.2) is 0 Å². The number of amides is 2. The van der Waals surface area contributed by atoms with E-state index in [-0.39, 0.29) is 30.4 Å². The van der Waals surface area contributed by atoms with Crippen LogP contribution < -0.4 is 5.32 Å². The molecule has 5 heteroatoms. The van der Waals surface area contributed by atoms with Crippen molar-refractivity contribution in [2.24, 2.45) is 5.92 Å². The predicted molar refractivity (Wildman–Crippen MR) is 73.5 cm³/mol. The topological polar surface area (TPSA) is 69.6 Å². The van der Waals surface area contributed by atoms with Gasteiger partial charge in [0, 0.05) is 26.1 Å². The van der Waals surface area contributed by atoms with Crippen molar-refractivity contribution < 1.29 is 14.7 Å². The number of hydrogen-bond donors (Lipinski definition) is 2. The van der Waals surface area contributed by atoms with Crippen LogP contribution in [0.3, 0.4) is 0 Å². The van der Waals surface area contributed by atoms with Crippen LogP contribution in [0, 0.1) is 5.92 Å². The molecule has 2 N–H and O–H groups in total. The summed E-state index contributed by atoms with van der Waals surface area (Å²) in [4.78, 5) is 25.6. The third kappa shape index (κ3) is 4.49. The Labute approximate surface area is 115 Å². The number of carbonyl (C=O) groups excluding carboxylic acids is 2. The fourth-order valence-corrected chi connectivity index (χ4v) is 2.66. The van der Waals surface area contributed by atoms with Crippen molar-refractivity contribution in [3.05, 3.63) is 0 Å². The van der Waals surface area contributed by atoms with Crippen molar-refractivity contribution in [1.29, 1.82) is 0 Å². The number of likely N-dealkylation sites (tertiary alicyclic amines) is 1. The third-order valence-electron chi connectivity index (χ3n) is 3.65. The quantitative estimate of drug-likeness (QED) is 0.754. The van der Waals surface area contributed by atoms with Crippen LogP contribution in [-0.2, 0) is 9.59 Å². The lowest BCUT2D eigenvalue weighted by atomic mass is 10.0. The molecule has 0 bridgehead atoms. The zero-order valence-electron chi connectivity index (χ0n) is 12.2. The number of carbonyl (C=O) groups is 2. The first kappa shape index (κ1) is 16.0. The van der Waals surface area contributed by atoms with Crippen molar-refractivity contribution in [2.75, 3.05) is 13.2 Å². The maximum Gasteiger partial charge on any atom is 0.245 e. The fourth-order valence-electron chi connectivity index (χ4n) is 2.66. The lowest BCUT2D eigenvalue weighted by molar-refractivity contribution is -0.138. The average molecular weight is 270 g/mol. The molecule has 1 rings (SSSR count). The zero-order valence-corrected chi connectivity index (χ0v) is 12.2. The van der Waals surface area contributed by atoms with E-state index in [1.54, 1.807) is 0 Å². The van der Waals surface area contributed by atoms with Crippen molar-refractivity contribution in [2.45, 2.75) is 58.5 Å². The molecule has 1 aliphatic rings. The van der Waals surface area contributed by atoms with Gasteiger partial charge >= 0.3 is 0 Å². The lowest BCUT2D eigenvalue weighted by Gasteiger charge is -2.30. The lowest BCUT2D eigenvalue weighted by Crippen LogP contribution is -2.52. The van der Waals surface area contributed by atoms with Crippen LogP contribution in [-0.4, -0.2) is 47.1 Å². The van der Waals surface area contributed by atoms with Gasteiger partial charge in [0.2, 0.25) is 11.8 Å². The molecule has 2 amide bonds. The van der Waals surface area contributed by atoms with E-state index in [1.165, 1.54) is 6.92 Å². The maximum absolute atomic E-state index is 12.5. The van der Waals surface area contributed by atoms with E-state index in [2.05, 4.69) is 5.32 Å². The number of nitrogens with zero attached hydrogens (tertiary/aromatic N) is 1. The van der Waals surface area contributed by atoms with E-state index in [4.69, 9.17) is 5.11 Å². The van der Waals surface area contributed by atoms with Gasteiger partial charge in [-0.05, 0) is 31.6 Å². The van der Waals surface area contributed by atoms with E-state index >= 15 is 0 Å². The normalized spacial score (nSPS) is 20.7. The predicted octanol–water partition coefficient (Wildman–Crippen LogP) is 0.911. The molecule has 1 heterocycles. The smallest absolute Gasteiger partial charge is 0.245 e. The molecule has 1 aliphatic heterocycles. The Hall–Kier alpha value is -1.10. The highest BCUT2D eigenvalue weighted by Gasteiger charge is 2.34. The minimum atomic E-state index is -0.438. The van der Waals surface area contributed by atoms with E-state index in [1.807, 2.05) is 18.7 Å². The van der Waals surface area contributed by atoms with Crippen molar-refractivity contribution in [3.8, 4) is 0 Å². The number of nitrogens with one attached hydrogen (secondary N) is 1. The van der Waals surface area contributed by atoms with E-state index in [0.717, 1.165) is 32.2 Å². The molecular weight excluding hydrogens is 244 g/mol. The molecule has 2 unspecified atom stereocenters. The van der Waals surface area contributed by atoms with Gasteiger partial charge in [0.1, 0.15) is 6.04 Å². The summed E-state index contributed by atoms with van der Waals surface area (Å²) < 4.78 is 0. The van der Waals surface area contributed by atoms with Gasteiger partial charge in [-0.3, -0.25) is 9.59 Å². The minimum Gasteiger partial charge on any atom is -0.396 e. The van der Waals surface area contributed by atoms with Gasteiger partial charge < -0.3 is 15.3 Å². The second-order valence-electron chi connectivity index (χ2n) is 5.62. The van der Waals surface area contributed by atoms with Crippen LogP contribution in [0.5, 0.6) is 0 Å². The maximum atomic E-state index is 12.5. The Kier molecular flexibility index (Phi) is 6.28. The summed E-state index contributed by atoms with van der Waals surface area (Å²) in [6, 6.07) is -0.220. The Bertz CT molecular complexity index is 318. The van der Waals surface area contributed by atoms with E-state index < -0.39 is 6.04 Å². The molecule has 0 radical (unpaired) electrons. The van der Waals surface area contributed by atoms with Crippen LogP contribution in [0.15, 0.2) is 0 Å². The summed E-state index contributed by atoms with van der Waals surface area (Å²) in [5, 5.41) is 11.7. The molecule has 0 aromatic heterocycles. The molecule has 0 aromatic rings. The second kappa shape index (κ2) is 7.48. The molecule has 5 nitrogen and oxygen atoms in total. The molecule has 0 aromatic carbocycles. The molecule has 1 saturated heterocycles. The number of aliphatic hydroxyl groups excluding tert-OH is 1. The SMILES string of the molecule is CC(=O)NC(C(=O)N1CCCC1CCCO)C(C)C. The highest BCUT2D eigenvalue weighted by atomic mass is 16.3. The largest absolute Gasteiger partial charge is 0.396 e. The summed E-state index contributed by atoms with van der Waals surface area (Å²) in [7, 11) is 0. The van der Waals surface area contributed by atoms with Gasteiger partial charge in [-0.15, -0.1) is 0 Å². The van der Waals surface area contributed by atoms with Gasteiger partial charge in [-0.2, -0.15) is 0 Å². The Balaban J connectivity index is 2.69. The van der Waals surface area contributed by atoms with Gasteiger partial charge in [0.05, 0.1) is 0 Å². The first-order valence-corrected chi connectivity index (χ1v) is 7.15. The van der Waals surface area contributed by atoms with Crippen LogP contribution >= 0.6 is 0 Å². The first-order valence-electron chi connectivity index (χ1n) is 7.15. The molecule has 0 aliphatic carbocycles. The molecule has 2 atom stereocenters. The van der Waals surface area contributed by atoms with Crippen LogP contribution in [0.2, 0.25) is 0 Å². The standard InChI is InChI=1S/C14H26N2O3/c1-10(2)13(15-11(3)18)14(19)16-8-4-6-12(16)7-5-9-17/h10,12-13,17H,4-9H2,1-3H3,(H,15,18). The molecule has 0 saturated carbocycles. The van der Waals surface area contributed by atoms with Gasteiger partial charge in [-0.1, -0.05) is 13.8 Å². The number of rotatable bonds is 6. The van der Waals surface area contributed by atoms with E-state index in [0.29, 0.717) is 0 Å². The highest BCUT2D eigenvalue weighted by Crippen LogP contribution is 2.23. The van der Waals surface area contributed by atoms with Crippen molar-refractivity contribution in [3.63, 3.8) is 0 Å². The summed E-state index contributed by atoms with van der Waals surface area (Å²) in [6.07, 6.45) is 3.57. The Morgan fingerprint density at radius 3 is 2.63 bits per heavy atom. The summed E-state index contributed by atoms with van der Waals surface area (Å²) in [6.45, 7) is 6.25. The molecule has 1 fully saturated rings. The average Bonchev–Trinajstić information content (AvgIpc) is 2.80. The highest BCUT2D eigenvalue weighted by molar-refractivity contribution is 5.87. The van der Waals surface area contributed by atoms with Gasteiger partial charge in [-0.25, -0.2) is 0 Å². The third-order valence-corrected chi connectivity index (χ3v) is 3.65. The summed E-state index contributed by atoms with van der Waals surface area (Å²) in [5.74, 6) is -0.0701. The van der Waals surface area contributed by atoms with Crippen LogP contribution in [0.1, 0.15) is 46.5 Å². The molecule has 19 heavy (non-hydrogen) atoms. The first-order chi connectivity index (χ1) is 8.97. The fraction of sp³-hybridized carbons (Fsp3) is 0.857. The summed E-state index contributed by atoms with van der Waals surface area (Å²) >= 11 is 0. The summed E-state index contributed by atoms with van der Waals surface area (Å²) in [5.41, 5.74) is 0. The Morgan fingerprint density at radius 1 is 1.42 bits per heavy atom. The number of aliphatic hydroxyl groups is 1. The zero-order chi connectivity index (χ0) is 14.4. The van der Waals surface area contributed by atoms with Crippen molar-refractivity contribution >= 4 is 11.8 Å². The number of hydrogen-bond acceptors (Lipinski definition) is 3. The monoisotopic (exact) mass is 270 g/mol. The van der Waals surface area contributed by atoms with E-state index in [9.17, 15) is 9.59 Å². The van der Waals surface area contributed by atoms with Crippen LogP contribution in [0.25, 0.3) is 0 Å². The second-order valence-corrected chi connectivity index (χ2v) is 5.62. The van der Waals surface area contributed by atoms with Crippen molar-refractivity contribution in [1.82, 2.24) is 10.2 Å². The van der Waals surface area contributed by atoms with Crippen LogP contribution in [0.4, 0.5) is 0 Å². The molecule has 110 valence electrons. The Morgan fingerprint density at radius 2 is 2.11 bits per heavy atom.